The second-order valence-electron chi connectivity index (χ2n) is 4.56. The van der Waals surface area contributed by atoms with Crippen molar-refractivity contribution in [3.8, 4) is 0 Å². The van der Waals surface area contributed by atoms with Crippen molar-refractivity contribution in [3.05, 3.63) is 35.4 Å². The fourth-order valence-electron chi connectivity index (χ4n) is 1.61. The van der Waals surface area contributed by atoms with Crippen molar-refractivity contribution in [2.45, 2.75) is 33.2 Å². The van der Waals surface area contributed by atoms with Gasteiger partial charge in [-0.15, -0.1) is 0 Å². The Bertz CT molecular complexity index is 361. The van der Waals surface area contributed by atoms with Crippen LogP contribution in [0.5, 0.6) is 0 Å². The van der Waals surface area contributed by atoms with Gasteiger partial charge in [-0.05, 0) is 18.1 Å². The van der Waals surface area contributed by atoms with Crippen molar-refractivity contribution in [2.75, 3.05) is 13.1 Å². The Morgan fingerprint density at radius 3 is 2.59 bits per heavy atom. The summed E-state index contributed by atoms with van der Waals surface area (Å²) in [7, 11) is 0. The lowest BCUT2D eigenvalue weighted by molar-refractivity contribution is -0.120. The molecule has 0 fully saturated rings. The summed E-state index contributed by atoms with van der Waals surface area (Å²) in [5, 5.41) is 6.17. The van der Waals surface area contributed by atoms with Crippen LogP contribution >= 0.6 is 0 Å². The van der Waals surface area contributed by atoms with E-state index in [9.17, 15) is 4.79 Å². The van der Waals surface area contributed by atoms with E-state index in [0.29, 0.717) is 19.0 Å². The molecule has 0 aliphatic rings. The summed E-state index contributed by atoms with van der Waals surface area (Å²) in [6.07, 6.45) is 0.467. The summed E-state index contributed by atoms with van der Waals surface area (Å²) in [5.41, 5.74) is 2.27. The van der Waals surface area contributed by atoms with Gasteiger partial charge in [0, 0.05) is 19.1 Å². The zero-order valence-electron chi connectivity index (χ0n) is 10.9. The molecule has 0 radical (unpaired) electrons. The minimum Gasteiger partial charge on any atom is -0.355 e. The number of benzene rings is 1. The van der Waals surface area contributed by atoms with Gasteiger partial charge in [-0.2, -0.15) is 0 Å². The maximum Gasteiger partial charge on any atom is 0.224 e. The van der Waals surface area contributed by atoms with Gasteiger partial charge in [-0.1, -0.05) is 38.1 Å². The third kappa shape index (κ3) is 5.50. The summed E-state index contributed by atoms with van der Waals surface area (Å²) >= 11 is 0. The third-order valence-electron chi connectivity index (χ3n) is 2.61. The first-order valence-electron chi connectivity index (χ1n) is 6.14. The van der Waals surface area contributed by atoms with E-state index in [-0.39, 0.29) is 5.91 Å². The molecule has 1 amide bonds. The standard InChI is InChI=1S/C14H22N2O/c1-11(2)15-8-9-16-14(17)10-13-7-5-4-6-12(13)3/h4-7,11,15H,8-10H2,1-3H3,(H,16,17). The average Bonchev–Trinajstić information content (AvgIpc) is 2.27. The van der Waals surface area contributed by atoms with E-state index in [1.807, 2.05) is 31.2 Å². The molecule has 0 bridgehead atoms. The van der Waals surface area contributed by atoms with E-state index in [1.165, 1.54) is 5.56 Å². The van der Waals surface area contributed by atoms with Gasteiger partial charge in [0.15, 0.2) is 0 Å². The van der Waals surface area contributed by atoms with Crippen LogP contribution in [0.4, 0.5) is 0 Å². The molecule has 0 aliphatic heterocycles. The smallest absolute Gasteiger partial charge is 0.224 e. The molecule has 3 heteroatoms. The van der Waals surface area contributed by atoms with E-state index in [1.54, 1.807) is 0 Å². The molecule has 0 heterocycles. The number of carbonyl (C=O) groups is 1. The number of carbonyl (C=O) groups excluding carboxylic acids is 1. The SMILES string of the molecule is Cc1ccccc1CC(=O)NCCNC(C)C. The summed E-state index contributed by atoms with van der Waals surface area (Å²) in [5.74, 6) is 0.0878. The molecular formula is C14H22N2O. The molecule has 0 aromatic heterocycles. The van der Waals surface area contributed by atoms with Gasteiger partial charge < -0.3 is 10.6 Å². The van der Waals surface area contributed by atoms with Crippen LogP contribution in [0, 0.1) is 6.92 Å². The number of nitrogens with one attached hydrogen (secondary N) is 2. The van der Waals surface area contributed by atoms with Crippen molar-refractivity contribution < 1.29 is 4.79 Å². The maximum atomic E-state index is 11.7. The van der Waals surface area contributed by atoms with Crippen LogP contribution < -0.4 is 10.6 Å². The molecule has 0 saturated carbocycles. The molecule has 0 unspecified atom stereocenters. The lowest BCUT2D eigenvalue weighted by atomic mass is 10.1. The quantitative estimate of drug-likeness (QED) is 0.735. The fourth-order valence-corrected chi connectivity index (χ4v) is 1.61. The lowest BCUT2D eigenvalue weighted by Gasteiger charge is -2.10. The van der Waals surface area contributed by atoms with Crippen LogP contribution in [0.3, 0.4) is 0 Å². The first-order chi connectivity index (χ1) is 8.09. The molecule has 17 heavy (non-hydrogen) atoms. The lowest BCUT2D eigenvalue weighted by Crippen LogP contribution is -2.35. The van der Waals surface area contributed by atoms with Gasteiger partial charge in [0.05, 0.1) is 6.42 Å². The molecule has 1 aromatic carbocycles. The van der Waals surface area contributed by atoms with E-state index >= 15 is 0 Å². The Hall–Kier alpha value is -1.35. The van der Waals surface area contributed by atoms with E-state index < -0.39 is 0 Å². The molecule has 3 nitrogen and oxygen atoms in total. The number of amides is 1. The number of aryl methyl sites for hydroxylation is 1. The second-order valence-corrected chi connectivity index (χ2v) is 4.56. The zero-order valence-corrected chi connectivity index (χ0v) is 10.9. The summed E-state index contributed by atoms with van der Waals surface area (Å²) < 4.78 is 0. The van der Waals surface area contributed by atoms with Crippen LogP contribution in [0.15, 0.2) is 24.3 Å². The summed E-state index contributed by atoms with van der Waals surface area (Å²) in [6, 6.07) is 8.45. The minimum absolute atomic E-state index is 0.0878. The van der Waals surface area contributed by atoms with Crippen LogP contribution in [0.25, 0.3) is 0 Å². The van der Waals surface area contributed by atoms with Crippen molar-refractivity contribution in [1.29, 1.82) is 0 Å². The molecule has 1 rings (SSSR count). The van der Waals surface area contributed by atoms with Crippen LogP contribution in [0.1, 0.15) is 25.0 Å². The van der Waals surface area contributed by atoms with E-state index in [4.69, 9.17) is 0 Å². The predicted octanol–water partition coefficient (Wildman–Crippen LogP) is 1.65. The summed E-state index contributed by atoms with van der Waals surface area (Å²) in [4.78, 5) is 11.7. The largest absolute Gasteiger partial charge is 0.355 e. The maximum absolute atomic E-state index is 11.7. The average molecular weight is 234 g/mol. The van der Waals surface area contributed by atoms with Gasteiger partial charge in [-0.3, -0.25) is 4.79 Å². The minimum atomic E-state index is 0.0878. The molecule has 0 aliphatic carbocycles. The highest BCUT2D eigenvalue weighted by Crippen LogP contribution is 2.07. The van der Waals surface area contributed by atoms with Gasteiger partial charge >= 0.3 is 0 Å². The monoisotopic (exact) mass is 234 g/mol. The second kappa shape index (κ2) is 7.07. The molecule has 0 atom stereocenters. The zero-order chi connectivity index (χ0) is 12.7. The predicted molar refractivity (Wildman–Crippen MR) is 71.0 cm³/mol. The highest BCUT2D eigenvalue weighted by Gasteiger charge is 2.04. The number of hydrogen-bond acceptors (Lipinski definition) is 2. The first-order valence-corrected chi connectivity index (χ1v) is 6.14. The van der Waals surface area contributed by atoms with E-state index in [0.717, 1.165) is 12.1 Å². The van der Waals surface area contributed by atoms with Crippen LogP contribution in [-0.2, 0) is 11.2 Å². The summed E-state index contributed by atoms with van der Waals surface area (Å²) in [6.45, 7) is 7.72. The topological polar surface area (TPSA) is 41.1 Å². The highest BCUT2D eigenvalue weighted by molar-refractivity contribution is 5.78. The van der Waals surface area contributed by atoms with E-state index in [2.05, 4.69) is 24.5 Å². The van der Waals surface area contributed by atoms with Crippen molar-refractivity contribution in [3.63, 3.8) is 0 Å². The molecule has 2 N–H and O–H groups in total. The van der Waals surface area contributed by atoms with Gasteiger partial charge in [0.1, 0.15) is 0 Å². The normalized spacial score (nSPS) is 10.6. The Morgan fingerprint density at radius 1 is 1.24 bits per heavy atom. The van der Waals surface area contributed by atoms with Gasteiger partial charge in [-0.25, -0.2) is 0 Å². The Labute approximate surface area is 104 Å². The molecule has 1 aromatic rings. The number of hydrogen-bond donors (Lipinski definition) is 2. The number of rotatable bonds is 6. The molecular weight excluding hydrogens is 212 g/mol. The van der Waals surface area contributed by atoms with Crippen molar-refractivity contribution >= 4 is 5.91 Å². The van der Waals surface area contributed by atoms with Crippen molar-refractivity contribution in [1.82, 2.24) is 10.6 Å². The third-order valence-corrected chi connectivity index (χ3v) is 2.61. The molecule has 94 valence electrons. The highest BCUT2D eigenvalue weighted by atomic mass is 16.1. The Balaban J connectivity index is 2.28. The van der Waals surface area contributed by atoms with Crippen molar-refractivity contribution in [2.24, 2.45) is 0 Å². The first kappa shape index (κ1) is 13.7. The van der Waals surface area contributed by atoms with Gasteiger partial charge in [0.2, 0.25) is 5.91 Å². The fraction of sp³-hybridized carbons (Fsp3) is 0.500. The van der Waals surface area contributed by atoms with Crippen LogP contribution in [-0.4, -0.2) is 25.0 Å². The Kier molecular flexibility index (Phi) is 5.70. The van der Waals surface area contributed by atoms with Gasteiger partial charge in [0.25, 0.3) is 0 Å². The van der Waals surface area contributed by atoms with Crippen LogP contribution in [0.2, 0.25) is 0 Å². The Morgan fingerprint density at radius 2 is 1.94 bits per heavy atom. The molecule has 0 saturated heterocycles. The molecule has 0 spiro atoms.